The van der Waals surface area contributed by atoms with Crippen LogP contribution in [0, 0.1) is 0 Å². The number of nitrogens with zero attached hydrogens (tertiary/aromatic N) is 1. The Bertz CT molecular complexity index is 140. The highest BCUT2D eigenvalue weighted by Gasteiger charge is 2.44. The van der Waals surface area contributed by atoms with Crippen molar-refractivity contribution < 1.29 is 0 Å². The van der Waals surface area contributed by atoms with Gasteiger partial charge in [0.25, 0.3) is 0 Å². The Labute approximate surface area is 62.4 Å². The first-order valence-corrected chi connectivity index (χ1v) is 4.21. The number of rotatable bonds is 1. The average molecular weight is 140 g/mol. The highest BCUT2D eigenvalue weighted by atomic mass is 15.3. The van der Waals surface area contributed by atoms with Crippen LogP contribution in [0.2, 0.25) is 0 Å². The van der Waals surface area contributed by atoms with Gasteiger partial charge < -0.3 is 5.73 Å². The van der Waals surface area contributed by atoms with Gasteiger partial charge in [-0.05, 0) is 26.2 Å². The van der Waals surface area contributed by atoms with E-state index < -0.39 is 0 Å². The van der Waals surface area contributed by atoms with E-state index >= 15 is 0 Å². The fourth-order valence-corrected chi connectivity index (χ4v) is 1.77. The summed E-state index contributed by atoms with van der Waals surface area (Å²) in [4.78, 5) is 2.55. The Kier molecular flexibility index (Phi) is 1.29. The van der Waals surface area contributed by atoms with Crippen molar-refractivity contribution in [2.24, 2.45) is 5.73 Å². The normalized spacial score (nSPS) is 38.4. The molecular formula is C8H16N2. The Balaban J connectivity index is 1.95. The third-order valence-electron chi connectivity index (χ3n) is 2.96. The zero-order valence-electron chi connectivity index (χ0n) is 6.64. The van der Waals surface area contributed by atoms with Gasteiger partial charge in [-0.1, -0.05) is 0 Å². The minimum Gasteiger partial charge on any atom is -0.326 e. The highest BCUT2D eigenvalue weighted by Crippen LogP contribution is 2.42. The van der Waals surface area contributed by atoms with E-state index in [-0.39, 0.29) is 0 Å². The average Bonchev–Trinajstić information content (AvgIpc) is 2.45. The molecule has 0 aromatic carbocycles. The second-order valence-corrected chi connectivity index (χ2v) is 3.99. The van der Waals surface area contributed by atoms with E-state index in [1.165, 1.54) is 25.8 Å². The Morgan fingerprint density at radius 1 is 1.50 bits per heavy atom. The lowest BCUT2D eigenvalue weighted by Gasteiger charge is -2.22. The van der Waals surface area contributed by atoms with Gasteiger partial charge in [0.05, 0.1) is 0 Å². The van der Waals surface area contributed by atoms with Gasteiger partial charge in [-0.25, -0.2) is 0 Å². The van der Waals surface area contributed by atoms with Crippen molar-refractivity contribution in [2.75, 3.05) is 13.1 Å². The van der Waals surface area contributed by atoms with Gasteiger partial charge in [0.1, 0.15) is 0 Å². The molecule has 2 aliphatic rings. The summed E-state index contributed by atoms with van der Waals surface area (Å²) < 4.78 is 0. The first kappa shape index (κ1) is 6.62. The van der Waals surface area contributed by atoms with E-state index in [0.29, 0.717) is 11.6 Å². The summed E-state index contributed by atoms with van der Waals surface area (Å²) in [5, 5.41) is 0. The van der Waals surface area contributed by atoms with Crippen molar-refractivity contribution in [1.29, 1.82) is 0 Å². The fourth-order valence-electron chi connectivity index (χ4n) is 1.77. The lowest BCUT2D eigenvalue weighted by atomic mass is 10.3. The molecule has 2 fully saturated rings. The SMILES string of the molecule is CC1(N2CCC(N)C2)CC1. The summed E-state index contributed by atoms with van der Waals surface area (Å²) >= 11 is 0. The Morgan fingerprint density at radius 3 is 2.60 bits per heavy atom. The second-order valence-electron chi connectivity index (χ2n) is 3.99. The van der Waals surface area contributed by atoms with Crippen LogP contribution in [-0.2, 0) is 0 Å². The van der Waals surface area contributed by atoms with Gasteiger partial charge in [0.2, 0.25) is 0 Å². The molecule has 2 N–H and O–H groups in total. The third kappa shape index (κ3) is 0.956. The second kappa shape index (κ2) is 1.95. The minimum absolute atomic E-state index is 0.456. The van der Waals surface area contributed by atoms with Gasteiger partial charge in [0.15, 0.2) is 0 Å². The van der Waals surface area contributed by atoms with Gasteiger partial charge in [-0.3, -0.25) is 4.90 Å². The van der Waals surface area contributed by atoms with Crippen LogP contribution in [0.25, 0.3) is 0 Å². The maximum Gasteiger partial charge on any atom is 0.0183 e. The first-order valence-electron chi connectivity index (χ1n) is 4.21. The van der Waals surface area contributed by atoms with E-state index in [0.717, 1.165) is 6.54 Å². The zero-order chi connectivity index (χ0) is 7.19. The summed E-state index contributed by atoms with van der Waals surface area (Å²) in [5.41, 5.74) is 6.37. The summed E-state index contributed by atoms with van der Waals surface area (Å²) in [6, 6.07) is 0.456. The Hall–Kier alpha value is -0.0800. The smallest absolute Gasteiger partial charge is 0.0183 e. The molecule has 10 heavy (non-hydrogen) atoms. The summed E-state index contributed by atoms with van der Waals surface area (Å²) in [7, 11) is 0. The molecule has 1 saturated carbocycles. The summed E-state index contributed by atoms with van der Waals surface area (Å²) in [6.07, 6.45) is 3.98. The lowest BCUT2D eigenvalue weighted by molar-refractivity contribution is 0.236. The van der Waals surface area contributed by atoms with Crippen molar-refractivity contribution >= 4 is 0 Å². The van der Waals surface area contributed by atoms with Gasteiger partial charge >= 0.3 is 0 Å². The largest absolute Gasteiger partial charge is 0.326 e. The van der Waals surface area contributed by atoms with Crippen molar-refractivity contribution in [3.8, 4) is 0 Å². The third-order valence-corrected chi connectivity index (χ3v) is 2.96. The van der Waals surface area contributed by atoms with Crippen molar-refractivity contribution in [3.05, 3.63) is 0 Å². The molecule has 0 radical (unpaired) electrons. The van der Waals surface area contributed by atoms with E-state index in [2.05, 4.69) is 11.8 Å². The number of nitrogens with two attached hydrogens (primary N) is 1. The lowest BCUT2D eigenvalue weighted by Crippen LogP contribution is -2.35. The van der Waals surface area contributed by atoms with Crippen LogP contribution in [0.1, 0.15) is 26.2 Å². The molecule has 1 heterocycles. The molecule has 2 heteroatoms. The molecule has 1 saturated heterocycles. The van der Waals surface area contributed by atoms with Crippen LogP contribution in [-0.4, -0.2) is 29.6 Å². The maximum atomic E-state index is 5.81. The molecular weight excluding hydrogens is 124 g/mol. The molecule has 0 amide bonds. The summed E-state index contributed by atoms with van der Waals surface area (Å²) in [5.74, 6) is 0. The monoisotopic (exact) mass is 140 g/mol. The van der Waals surface area contributed by atoms with Crippen LogP contribution in [0.3, 0.4) is 0 Å². The predicted molar refractivity (Wildman–Crippen MR) is 41.8 cm³/mol. The van der Waals surface area contributed by atoms with Gasteiger partial charge in [0, 0.05) is 24.7 Å². The fraction of sp³-hybridized carbons (Fsp3) is 1.00. The molecule has 1 aliphatic heterocycles. The van der Waals surface area contributed by atoms with Gasteiger partial charge in [-0.15, -0.1) is 0 Å². The molecule has 2 nitrogen and oxygen atoms in total. The molecule has 0 aromatic rings. The molecule has 1 unspecified atom stereocenters. The van der Waals surface area contributed by atoms with Crippen LogP contribution in [0.15, 0.2) is 0 Å². The van der Waals surface area contributed by atoms with Crippen LogP contribution in [0.5, 0.6) is 0 Å². The van der Waals surface area contributed by atoms with E-state index in [4.69, 9.17) is 5.73 Å². The number of hydrogen-bond acceptors (Lipinski definition) is 2. The standard InChI is InChI=1S/C8H16N2/c1-8(3-4-8)10-5-2-7(9)6-10/h7H,2-6,9H2,1H3. The van der Waals surface area contributed by atoms with Crippen LogP contribution >= 0.6 is 0 Å². The quantitative estimate of drug-likeness (QED) is 0.577. The van der Waals surface area contributed by atoms with Crippen molar-refractivity contribution in [3.63, 3.8) is 0 Å². The van der Waals surface area contributed by atoms with E-state index in [1.54, 1.807) is 0 Å². The van der Waals surface area contributed by atoms with Crippen molar-refractivity contribution in [2.45, 2.75) is 37.8 Å². The summed E-state index contributed by atoms with van der Waals surface area (Å²) in [6.45, 7) is 4.72. The predicted octanol–water partition coefficient (Wildman–Crippen LogP) is 0.572. The van der Waals surface area contributed by atoms with Crippen LogP contribution in [0.4, 0.5) is 0 Å². The van der Waals surface area contributed by atoms with Crippen LogP contribution < -0.4 is 5.73 Å². The first-order chi connectivity index (χ1) is 4.71. The number of likely N-dealkylation sites (tertiary alicyclic amines) is 1. The molecule has 1 aliphatic carbocycles. The zero-order valence-corrected chi connectivity index (χ0v) is 6.64. The maximum absolute atomic E-state index is 5.81. The minimum atomic E-state index is 0.456. The molecule has 58 valence electrons. The topological polar surface area (TPSA) is 29.3 Å². The molecule has 2 rings (SSSR count). The molecule has 0 aromatic heterocycles. The molecule has 0 spiro atoms. The van der Waals surface area contributed by atoms with Crippen molar-refractivity contribution in [1.82, 2.24) is 4.90 Å². The van der Waals surface area contributed by atoms with Gasteiger partial charge in [-0.2, -0.15) is 0 Å². The van der Waals surface area contributed by atoms with E-state index in [1.807, 2.05) is 0 Å². The number of hydrogen-bond donors (Lipinski definition) is 1. The highest BCUT2D eigenvalue weighted by molar-refractivity contribution is 5.02. The molecule has 1 atom stereocenters. The molecule has 0 bridgehead atoms. The van der Waals surface area contributed by atoms with E-state index in [9.17, 15) is 0 Å². The Morgan fingerprint density at radius 2 is 2.20 bits per heavy atom.